The van der Waals surface area contributed by atoms with Crippen LogP contribution in [0.5, 0.6) is 0 Å². The van der Waals surface area contributed by atoms with Crippen molar-refractivity contribution in [2.75, 3.05) is 0 Å². The third kappa shape index (κ3) is 3.02. The van der Waals surface area contributed by atoms with Crippen LogP contribution in [0, 0.1) is 13.8 Å². The first kappa shape index (κ1) is 14.2. The van der Waals surface area contributed by atoms with Crippen molar-refractivity contribution in [3.05, 3.63) is 70.3 Å². The Bertz CT molecular complexity index is 652. The molecule has 2 aromatic rings. The van der Waals surface area contributed by atoms with E-state index in [1.54, 1.807) is 6.92 Å². The van der Waals surface area contributed by atoms with Crippen molar-refractivity contribution < 1.29 is 9.59 Å². The SMILES string of the molecule is CC(=O)c1c(C)cccc1CC(=O)c1ccc(C)cc1. The lowest BCUT2D eigenvalue weighted by molar-refractivity contribution is 0.0992. The van der Waals surface area contributed by atoms with Crippen LogP contribution in [0.3, 0.4) is 0 Å². The fourth-order valence-electron chi connectivity index (χ4n) is 2.39. The van der Waals surface area contributed by atoms with E-state index in [2.05, 4.69) is 0 Å². The normalized spacial score (nSPS) is 10.3. The molecule has 0 radical (unpaired) electrons. The van der Waals surface area contributed by atoms with Crippen LogP contribution >= 0.6 is 0 Å². The molecular formula is C18H18O2. The van der Waals surface area contributed by atoms with Gasteiger partial charge in [0, 0.05) is 17.5 Å². The number of hydrogen-bond donors (Lipinski definition) is 0. The summed E-state index contributed by atoms with van der Waals surface area (Å²) in [6, 6.07) is 13.2. The van der Waals surface area contributed by atoms with Gasteiger partial charge in [0.05, 0.1) is 0 Å². The molecule has 0 aliphatic heterocycles. The number of benzene rings is 2. The molecule has 0 atom stereocenters. The Balaban J connectivity index is 2.30. The van der Waals surface area contributed by atoms with Gasteiger partial charge in [0.1, 0.15) is 0 Å². The first-order valence-electron chi connectivity index (χ1n) is 6.68. The Hall–Kier alpha value is -2.22. The summed E-state index contributed by atoms with van der Waals surface area (Å²) in [6.45, 7) is 5.43. The maximum atomic E-state index is 12.3. The van der Waals surface area contributed by atoms with E-state index in [9.17, 15) is 9.59 Å². The molecule has 0 aromatic heterocycles. The van der Waals surface area contributed by atoms with Crippen molar-refractivity contribution in [3.8, 4) is 0 Å². The summed E-state index contributed by atoms with van der Waals surface area (Å²) in [5.41, 5.74) is 4.22. The van der Waals surface area contributed by atoms with Crippen molar-refractivity contribution in [3.63, 3.8) is 0 Å². The number of Topliss-reactive ketones (excluding diaryl/α,β-unsaturated/α-hetero) is 2. The van der Waals surface area contributed by atoms with E-state index in [0.29, 0.717) is 11.1 Å². The molecule has 0 heterocycles. The largest absolute Gasteiger partial charge is 0.294 e. The van der Waals surface area contributed by atoms with Crippen molar-refractivity contribution in [1.82, 2.24) is 0 Å². The number of carbonyl (C=O) groups excluding carboxylic acids is 2. The van der Waals surface area contributed by atoms with Gasteiger partial charge in [-0.1, -0.05) is 48.0 Å². The van der Waals surface area contributed by atoms with Gasteiger partial charge in [-0.15, -0.1) is 0 Å². The second-order valence-corrected chi connectivity index (χ2v) is 5.13. The van der Waals surface area contributed by atoms with Gasteiger partial charge in [0.2, 0.25) is 0 Å². The molecule has 2 nitrogen and oxygen atoms in total. The molecule has 0 amide bonds. The van der Waals surface area contributed by atoms with E-state index in [4.69, 9.17) is 0 Å². The second-order valence-electron chi connectivity index (χ2n) is 5.13. The summed E-state index contributed by atoms with van der Waals surface area (Å²) in [5, 5.41) is 0. The highest BCUT2D eigenvalue weighted by atomic mass is 16.1. The predicted molar refractivity (Wildman–Crippen MR) is 80.4 cm³/mol. The van der Waals surface area contributed by atoms with E-state index in [0.717, 1.165) is 16.7 Å². The van der Waals surface area contributed by atoms with Gasteiger partial charge in [-0.25, -0.2) is 0 Å². The van der Waals surface area contributed by atoms with Crippen LogP contribution in [0.1, 0.15) is 44.3 Å². The number of rotatable bonds is 4. The molecule has 0 saturated heterocycles. The van der Waals surface area contributed by atoms with Gasteiger partial charge in [-0.05, 0) is 31.9 Å². The summed E-state index contributed by atoms with van der Waals surface area (Å²) in [5.74, 6) is 0.0490. The molecule has 20 heavy (non-hydrogen) atoms. The Morgan fingerprint density at radius 2 is 1.60 bits per heavy atom. The Kier molecular flexibility index (Phi) is 4.14. The highest BCUT2D eigenvalue weighted by molar-refractivity contribution is 6.02. The third-order valence-corrected chi connectivity index (χ3v) is 3.44. The van der Waals surface area contributed by atoms with Gasteiger partial charge in [-0.3, -0.25) is 9.59 Å². The molecule has 0 bridgehead atoms. The molecule has 0 fully saturated rings. The summed E-state index contributed by atoms with van der Waals surface area (Å²) >= 11 is 0. The Morgan fingerprint density at radius 1 is 0.950 bits per heavy atom. The molecule has 0 N–H and O–H groups in total. The highest BCUT2D eigenvalue weighted by Crippen LogP contribution is 2.17. The molecular weight excluding hydrogens is 248 g/mol. The highest BCUT2D eigenvalue weighted by Gasteiger charge is 2.14. The number of hydrogen-bond acceptors (Lipinski definition) is 2. The number of aryl methyl sites for hydroxylation is 2. The van der Waals surface area contributed by atoms with Crippen LogP contribution in [0.2, 0.25) is 0 Å². The lowest BCUT2D eigenvalue weighted by atomic mass is 9.93. The fraction of sp³-hybridized carbons (Fsp3) is 0.222. The van der Waals surface area contributed by atoms with Crippen LogP contribution in [-0.4, -0.2) is 11.6 Å². The average molecular weight is 266 g/mol. The Labute approximate surface area is 119 Å². The standard InChI is InChI=1S/C18H18O2/c1-12-7-9-15(10-8-12)17(20)11-16-6-4-5-13(2)18(16)14(3)19/h4-10H,11H2,1-3H3. The summed E-state index contributed by atoms with van der Waals surface area (Å²) in [7, 11) is 0. The van der Waals surface area contributed by atoms with Crippen molar-refractivity contribution in [2.45, 2.75) is 27.2 Å². The molecule has 2 heteroatoms. The summed E-state index contributed by atoms with van der Waals surface area (Å²) in [6.07, 6.45) is 0.264. The molecule has 0 unspecified atom stereocenters. The molecule has 0 aliphatic carbocycles. The van der Waals surface area contributed by atoms with Crippen LogP contribution in [0.15, 0.2) is 42.5 Å². The van der Waals surface area contributed by atoms with Crippen LogP contribution in [-0.2, 0) is 6.42 Å². The monoisotopic (exact) mass is 266 g/mol. The second kappa shape index (κ2) is 5.83. The van der Waals surface area contributed by atoms with Crippen LogP contribution in [0.4, 0.5) is 0 Å². The minimum atomic E-state index is 0.00908. The van der Waals surface area contributed by atoms with E-state index in [-0.39, 0.29) is 18.0 Å². The first-order chi connectivity index (χ1) is 9.49. The Morgan fingerprint density at radius 3 is 2.20 bits per heavy atom. The molecule has 0 spiro atoms. The fourth-order valence-corrected chi connectivity index (χ4v) is 2.39. The average Bonchev–Trinajstić information content (AvgIpc) is 2.39. The van der Waals surface area contributed by atoms with Gasteiger partial charge < -0.3 is 0 Å². The lowest BCUT2D eigenvalue weighted by Gasteiger charge is -2.09. The van der Waals surface area contributed by atoms with Crippen LogP contribution in [0.25, 0.3) is 0 Å². The third-order valence-electron chi connectivity index (χ3n) is 3.44. The zero-order chi connectivity index (χ0) is 14.7. The van der Waals surface area contributed by atoms with Crippen molar-refractivity contribution in [2.24, 2.45) is 0 Å². The van der Waals surface area contributed by atoms with Crippen LogP contribution < -0.4 is 0 Å². The minimum absolute atomic E-state index is 0.00908. The number of carbonyl (C=O) groups is 2. The lowest BCUT2D eigenvalue weighted by Crippen LogP contribution is -2.09. The molecule has 0 saturated carbocycles. The van der Waals surface area contributed by atoms with E-state index < -0.39 is 0 Å². The zero-order valence-electron chi connectivity index (χ0n) is 12.1. The van der Waals surface area contributed by atoms with Gasteiger partial charge >= 0.3 is 0 Å². The molecule has 0 aliphatic rings. The van der Waals surface area contributed by atoms with E-state index >= 15 is 0 Å². The van der Waals surface area contributed by atoms with Gasteiger partial charge in [-0.2, -0.15) is 0 Å². The number of ketones is 2. The van der Waals surface area contributed by atoms with Gasteiger partial charge in [0.25, 0.3) is 0 Å². The summed E-state index contributed by atoms with van der Waals surface area (Å²) < 4.78 is 0. The van der Waals surface area contributed by atoms with E-state index in [1.807, 2.05) is 56.3 Å². The first-order valence-corrected chi connectivity index (χ1v) is 6.68. The van der Waals surface area contributed by atoms with Crippen molar-refractivity contribution >= 4 is 11.6 Å². The maximum absolute atomic E-state index is 12.3. The quantitative estimate of drug-likeness (QED) is 0.786. The minimum Gasteiger partial charge on any atom is -0.294 e. The molecule has 2 rings (SSSR count). The topological polar surface area (TPSA) is 34.1 Å². The van der Waals surface area contributed by atoms with Gasteiger partial charge in [0.15, 0.2) is 11.6 Å². The summed E-state index contributed by atoms with van der Waals surface area (Å²) in [4.78, 5) is 24.0. The maximum Gasteiger partial charge on any atom is 0.167 e. The smallest absolute Gasteiger partial charge is 0.167 e. The predicted octanol–water partition coefficient (Wildman–Crippen LogP) is 3.93. The molecule has 102 valence electrons. The van der Waals surface area contributed by atoms with Crippen molar-refractivity contribution in [1.29, 1.82) is 0 Å². The van der Waals surface area contributed by atoms with E-state index in [1.165, 1.54) is 0 Å². The zero-order valence-corrected chi connectivity index (χ0v) is 12.1. The molecule has 2 aromatic carbocycles.